The van der Waals surface area contributed by atoms with Crippen LogP contribution in [-0.4, -0.2) is 40.9 Å². The highest BCUT2D eigenvalue weighted by atomic mass is 19.1. The molecule has 0 radical (unpaired) electrons. The molecule has 0 spiro atoms. The molecular weight excluding hydrogens is 205 g/mol. The first-order chi connectivity index (χ1) is 6.96. The first-order valence-corrected chi connectivity index (χ1v) is 4.76. The Morgan fingerprint density at radius 2 is 2.07 bits per heavy atom. The molecule has 15 heavy (non-hydrogen) atoms. The summed E-state index contributed by atoms with van der Waals surface area (Å²) in [5, 5.41) is 20.3. The van der Waals surface area contributed by atoms with E-state index in [0.29, 0.717) is 0 Å². The van der Waals surface area contributed by atoms with E-state index < -0.39 is 35.5 Å². The van der Waals surface area contributed by atoms with E-state index in [-0.39, 0.29) is 12.3 Å². The number of halogens is 1. The SMILES string of the molecule is CN[C@]1(C(=O)O)[C@H]2[C@@H](C[C@@H]1F)[C@@H]2C(=O)O. The van der Waals surface area contributed by atoms with Gasteiger partial charge in [-0.2, -0.15) is 0 Å². The lowest BCUT2D eigenvalue weighted by Crippen LogP contribution is -2.58. The van der Waals surface area contributed by atoms with Crippen molar-refractivity contribution in [3.05, 3.63) is 0 Å². The van der Waals surface area contributed by atoms with E-state index in [0.717, 1.165) is 0 Å². The lowest BCUT2D eigenvalue weighted by atomic mass is 9.89. The van der Waals surface area contributed by atoms with Crippen molar-refractivity contribution in [2.24, 2.45) is 17.8 Å². The smallest absolute Gasteiger partial charge is 0.327 e. The monoisotopic (exact) mass is 217 g/mol. The van der Waals surface area contributed by atoms with E-state index in [1.165, 1.54) is 7.05 Å². The molecule has 0 unspecified atom stereocenters. The summed E-state index contributed by atoms with van der Waals surface area (Å²) in [6.45, 7) is 0. The van der Waals surface area contributed by atoms with Crippen LogP contribution in [0.25, 0.3) is 0 Å². The van der Waals surface area contributed by atoms with Gasteiger partial charge in [0, 0.05) is 5.92 Å². The minimum absolute atomic E-state index is 0.0226. The average Bonchev–Trinajstić information content (AvgIpc) is 2.74. The highest BCUT2D eigenvalue weighted by Gasteiger charge is 2.75. The van der Waals surface area contributed by atoms with Crippen LogP contribution in [0.2, 0.25) is 0 Å². The normalized spacial score (nSPS) is 47.3. The van der Waals surface area contributed by atoms with Crippen LogP contribution in [-0.2, 0) is 9.59 Å². The molecule has 6 heteroatoms. The number of hydrogen-bond donors (Lipinski definition) is 3. The Morgan fingerprint density at radius 1 is 1.47 bits per heavy atom. The largest absolute Gasteiger partial charge is 0.481 e. The van der Waals surface area contributed by atoms with Crippen molar-refractivity contribution in [2.75, 3.05) is 7.05 Å². The first-order valence-electron chi connectivity index (χ1n) is 4.76. The zero-order valence-electron chi connectivity index (χ0n) is 8.11. The Kier molecular flexibility index (Phi) is 2.01. The molecule has 0 saturated heterocycles. The van der Waals surface area contributed by atoms with Crippen LogP contribution in [0.5, 0.6) is 0 Å². The molecule has 3 N–H and O–H groups in total. The Balaban J connectivity index is 2.31. The molecule has 2 saturated carbocycles. The standard InChI is InChI=1S/C9H12FNO4/c1-11-9(8(14)15)4(10)2-3-5(6(3)9)7(12)13/h3-6,11H,2H2,1H3,(H,12,13)(H,14,15)/t3-,4-,5-,6-,9-/m0/s1. The molecule has 2 fully saturated rings. The molecule has 2 aliphatic rings. The quantitative estimate of drug-likeness (QED) is 0.605. The highest BCUT2D eigenvalue weighted by Crippen LogP contribution is 2.63. The minimum atomic E-state index is -1.70. The topological polar surface area (TPSA) is 86.6 Å². The molecule has 0 aromatic rings. The van der Waals surface area contributed by atoms with Crippen molar-refractivity contribution in [3.63, 3.8) is 0 Å². The van der Waals surface area contributed by atoms with Crippen LogP contribution in [0.1, 0.15) is 6.42 Å². The van der Waals surface area contributed by atoms with Crippen LogP contribution in [0.4, 0.5) is 4.39 Å². The van der Waals surface area contributed by atoms with Crippen molar-refractivity contribution < 1.29 is 24.2 Å². The number of rotatable bonds is 3. The number of aliphatic carboxylic acids is 2. The van der Waals surface area contributed by atoms with Gasteiger partial charge in [-0.25, -0.2) is 4.39 Å². The number of carboxylic acids is 2. The van der Waals surface area contributed by atoms with E-state index in [9.17, 15) is 14.0 Å². The molecule has 0 bridgehead atoms. The number of carbonyl (C=O) groups is 2. The summed E-state index contributed by atoms with van der Waals surface area (Å²) in [7, 11) is 1.36. The van der Waals surface area contributed by atoms with Crippen LogP contribution in [0.3, 0.4) is 0 Å². The summed E-state index contributed by atoms with van der Waals surface area (Å²) >= 11 is 0. The van der Waals surface area contributed by atoms with E-state index in [4.69, 9.17) is 10.2 Å². The number of nitrogens with one attached hydrogen (secondary N) is 1. The zero-order valence-corrected chi connectivity index (χ0v) is 8.11. The third-order valence-electron chi connectivity index (χ3n) is 3.72. The van der Waals surface area contributed by atoms with Gasteiger partial charge in [0.25, 0.3) is 0 Å². The van der Waals surface area contributed by atoms with Crippen LogP contribution in [0, 0.1) is 17.8 Å². The maximum Gasteiger partial charge on any atom is 0.327 e. The highest BCUT2D eigenvalue weighted by molar-refractivity contribution is 5.86. The van der Waals surface area contributed by atoms with Gasteiger partial charge in [-0.1, -0.05) is 0 Å². The number of alkyl halides is 1. The molecule has 5 nitrogen and oxygen atoms in total. The fraction of sp³-hybridized carbons (Fsp3) is 0.778. The number of likely N-dealkylation sites (N-methyl/N-ethyl adjacent to an activating group) is 1. The van der Waals surface area contributed by atoms with Crippen LogP contribution < -0.4 is 5.32 Å². The summed E-state index contributed by atoms with van der Waals surface area (Å²) in [5.74, 6) is -3.99. The van der Waals surface area contributed by atoms with Gasteiger partial charge in [0.15, 0.2) is 5.54 Å². The van der Waals surface area contributed by atoms with Gasteiger partial charge >= 0.3 is 11.9 Å². The molecule has 0 aromatic heterocycles. The second-order valence-corrected chi connectivity index (χ2v) is 4.18. The van der Waals surface area contributed by atoms with Gasteiger partial charge in [-0.3, -0.25) is 9.59 Å². The molecule has 0 aromatic carbocycles. The number of fused-ring (bicyclic) bond motifs is 1. The van der Waals surface area contributed by atoms with Gasteiger partial charge in [0.05, 0.1) is 5.92 Å². The molecule has 2 aliphatic carbocycles. The van der Waals surface area contributed by atoms with Crippen molar-refractivity contribution in [3.8, 4) is 0 Å². The summed E-state index contributed by atoms with van der Waals surface area (Å²) in [6, 6.07) is 0. The summed E-state index contributed by atoms with van der Waals surface area (Å²) in [5.41, 5.74) is -1.70. The lowest BCUT2D eigenvalue weighted by molar-refractivity contribution is -0.149. The van der Waals surface area contributed by atoms with Gasteiger partial charge < -0.3 is 15.5 Å². The molecule has 2 rings (SSSR count). The van der Waals surface area contributed by atoms with Gasteiger partial charge in [0.1, 0.15) is 6.17 Å². The van der Waals surface area contributed by atoms with Crippen molar-refractivity contribution in [1.29, 1.82) is 0 Å². The maximum atomic E-state index is 13.6. The molecule has 84 valence electrons. The number of hydrogen-bond acceptors (Lipinski definition) is 3. The van der Waals surface area contributed by atoms with E-state index in [1.54, 1.807) is 0 Å². The van der Waals surface area contributed by atoms with Crippen LogP contribution >= 0.6 is 0 Å². The van der Waals surface area contributed by atoms with Gasteiger partial charge in [-0.15, -0.1) is 0 Å². The molecular formula is C9H12FNO4. The maximum absolute atomic E-state index is 13.6. The third-order valence-corrected chi connectivity index (χ3v) is 3.72. The lowest BCUT2D eigenvalue weighted by Gasteiger charge is -2.29. The summed E-state index contributed by atoms with van der Waals surface area (Å²) in [4.78, 5) is 21.8. The second-order valence-electron chi connectivity index (χ2n) is 4.18. The second kappa shape index (κ2) is 2.91. The first kappa shape index (κ1) is 10.4. The van der Waals surface area contributed by atoms with Crippen molar-refractivity contribution in [1.82, 2.24) is 5.32 Å². The molecule has 0 amide bonds. The predicted octanol–water partition coefficient (Wildman–Crippen LogP) is -0.282. The molecule has 0 heterocycles. The van der Waals surface area contributed by atoms with Gasteiger partial charge in [0.2, 0.25) is 0 Å². The van der Waals surface area contributed by atoms with Crippen molar-refractivity contribution in [2.45, 2.75) is 18.1 Å². The Labute approximate surface area is 85.3 Å². The third kappa shape index (κ3) is 1.05. The van der Waals surface area contributed by atoms with E-state index in [2.05, 4.69) is 5.32 Å². The van der Waals surface area contributed by atoms with Crippen molar-refractivity contribution >= 4 is 11.9 Å². The molecule has 0 aliphatic heterocycles. The Morgan fingerprint density at radius 3 is 2.47 bits per heavy atom. The van der Waals surface area contributed by atoms with E-state index in [1.807, 2.05) is 0 Å². The number of carboxylic acid groups (broad SMARTS) is 2. The van der Waals surface area contributed by atoms with Crippen LogP contribution in [0.15, 0.2) is 0 Å². The zero-order chi connectivity index (χ0) is 11.4. The fourth-order valence-corrected chi connectivity index (χ4v) is 2.97. The molecule has 5 atom stereocenters. The summed E-state index contributed by atoms with van der Waals surface area (Å²) in [6.07, 6.45) is -1.49. The van der Waals surface area contributed by atoms with Gasteiger partial charge in [-0.05, 0) is 19.4 Å². The average molecular weight is 217 g/mol. The summed E-state index contributed by atoms with van der Waals surface area (Å²) < 4.78 is 13.6. The minimum Gasteiger partial charge on any atom is -0.481 e. The Hall–Kier alpha value is -1.17. The Bertz CT molecular complexity index is 334. The van der Waals surface area contributed by atoms with E-state index >= 15 is 0 Å². The predicted molar refractivity (Wildman–Crippen MR) is 47.0 cm³/mol. The fourth-order valence-electron chi connectivity index (χ4n) is 2.97.